The van der Waals surface area contributed by atoms with Crippen molar-refractivity contribution in [3.8, 4) is 0 Å². The van der Waals surface area contributed by atoms with Gasteiger partial charge in [-0.1, -0.05) is 30.8 Å². The zero-order valence-electron chi connectivity index (χ0n) is 9.53. The molecule has 84 valence electrons. The molecule has 0 aliphatic heterocycles. The molecule has 1 atom stereocenters. The van der Waals surface area contributed by atoms with Gasteiger partial charge in [0.1, 0.15) is 6.10 Å². The third kappa shape index (κ3) is 2.16. The second-order valence-electron chi connectivity index (χ2n) is 4.27. The molecular weight excluding hydrogens is 200 g/mol. The first kappa shape index (κ1) is 10.9. The predicted octanol–water partition coefficient (Wildman–Crippen LogP) is 3.18. The highest BCUT2D eigenvalue weighted by Crippen LogP contribution is 2.32. The molecule has 0 fully saturated rings. The summed E-state index contributed by atoms with van der Waals surface area (Å²) in [6.07, 6.45) is 2.98. The SMILES string of the molecule is C=C(C)C(=O)OC1CCCc2ccccc21. The van der Waals surface area contributed by atoms with E-state index in [2.05, 4.69) is 12.6 Å². The third-order valence-corrected chi connectivity index (χ3v) is 2.91. The molecular formula is C14H16O2. The van der Waals surface area contributed by atoms with Crippen LogP contribution >= 0.6 is 0 Å². The molecule has 2 rings (SSSR count). The second-order valence-corrected chi connectivity index (χ2v) is 4.27. The molecule has 16 heavy (non-hydrogen) atoms. The molecule has 0 saturated carbocycles. The lowest BCUT2D eigenvalue weighted by Crippen LogP contribution is -2.16. The van der Waals surface area contributed by atoms with Gasteiger partial charge in [0.05, 0.1) is 0 Å². The molecule has 0 bridgehead atoms. The number of carbonyl (C=O) groups excluding carboxylic acids is 1. The molecule has 1 aliphatic rings. The van der Waals surface area contributed by atoms with Crippen molar-refractivity contribution in [2.45, 2.75) is 32.3 Å². The first-order valence-electron chi connectivity index (χ1n) is 5.63. The summed E-state index contributed by atoms with van der Waals surface area (Å²) in [6, 6.07) is 8.18. The standard InChI is InChI=1S/C14H16O2/c1-10(2)14(15)16-13-9-5-7-11-6-3-4-8-12(11)13/h3-4,6,8,13H,1,5,7,9H2,2H3. The highest BCUT2D eigenvalue weighted by Gasteiger charge is 2.23. The fourth-order valence-corrected chi connectivity index (χ4v) is 2.06. The maximum atomic E-state index is 11.5. The van der Waals surface area contributed by atoms with Crippen molar-refractivity contribution in [1.29, 1.82) is 0 Å². The predicted molar refractivity (Wildman–Crippen MR) is 63.0 cm³/mol. The maximum absolute atomic E-state index is 11.5. The first-order valence-corrected chi connectivity index (χ1v) is 5.63. The van der Waals surface area contributed by atoms with Gasteiger partial charge in [0, 0.05) is 5.57 Å². The van der Waals surface area contributed by atoms with Gasteiger partial charge < -0.3 is 4.74 Å². The summed E-state index contributed by atoms with van der Waals surface area (Å²) in [5, 5.41) is 0. The van der Waals surface area contributed by atoms with Crippen LogP contribution in [-0.4, -0.2) is 5.97 Å². The minimum atomic E-state index is -0.290. The molecule has 0 spiro atoms. The van der Waals surface area contributed by atoms with Crippen LogP contribution in [0.3, 0.4) is 0 Å². The number of hydrogen-bond acceptors (Lipinski definition) is 2. The average molecular weight is 216 g/mol. The van der Waals surface area contributed by atoms with Crippen molar-refractivity contribution in [1.82, 2.24) is 0 Å². The normalized spacial score (nSPS) is 18.7. The number of rotatable bonds is 2. The van der Waals surface area contributed by atoms with E-state index in [4.69, 9.17) is 4.74 Å². The summed E-state index contributed by atoms with van der Waals surface area (Å²) >= 11 is 0. The number of ether oxygens (including phenoxy) is 1. The van der Waals surface area contributed by atoms with Gasteiger partial charge >= 0.3 is 5.97 Å². The molecule has 0 amide bonds. The number of hydrogen-bond donors (Lipinski definition) is 0. The molecule has 1 aliphatic carbocycles. The highest BCUT2D eigenvalue weighted by atomic mass is 16.5. The van der Waals surface area contributed by atoms with Crippen LogP contribution in [0.4, 0.5) is 0 Å². The maximum Gasteiger partial charge on any atom is 0.333 e. The third-order valence-electron chi connectivity index (χ3n) is 2.91. The fourth-order valence-electron chi connectivity index (χ4n) is 2.06. The van der Waals surface area contributed by atoms with Crippen molar-refractivity contribution < 1.29 is 9.53 Å². The number of benzene rings is 1. The Labute approximate surface area is 95.9 Å². The Kier molecular flexibility index (Phi) is 3.09. The molecule has 0 radical (unpaired) electrons. The second kappa shape index (κ2) is 4.52. The molecule has 0 heterocycles. The van der Waals surface area contributed by atoms with Crippen LogP contribution in [0.25, 0.3) is 0 Å². The van der Waals surface area contributed by atoms with Gasteiger partial charge in [-0.2, -0.15) is 0 Å². The van der Waals surface area contributed by atoms with Gasteiger partial charge in [-0.3, -0.25) is 0 Å². The van der Waals surface area contributed by atoms with Crippen molar-refractivity contribution in [2.75, 3.05) is 0 Å². The summed E-state index contributed by atoms with van der Waals surface area (Å²) in [4.78, 5) is 11.5. The summed E-state index contributed by atoms with van der Waals surface area (Å²) in [7, 11) is 0. The largest absolute Gasteiger partial charge is 0.454 e. The lowest BCUT2D eigenvalue weighted by Gasteiger charge is -2.25. The average Bonchev–Trinajstić information content (AvgIpc) is 2.29. The van der Waals surface area contributed by atoms with Crippen LogP contribution in [-0.2, 0) is 16.0 Å². The molecule has 2 heteroatoms. The summed E-state index contributed by atoms with van der Waals surface area (Å²) in [6.45, 7) is 5.28. The lowest BCUT2D eigenvalue weighted by molar-refractivity contribution is -0.145. The number of aryl methyl sites for hydroxylation is 1. The Morgan fingerprint density at radius 2 is 2.19 bits per heavy atom. The van der Waals surface area contributed by atoms with Gasteiger partial charge in [-0.05, 0) is 37.3 Å². The molecule has 0 aromatic heterocycles. The van der Waals surface area contributed by atoms with E-state index >= 15 is 0 Å². The molecule has 2 nitrogen and oxygen atoms in total. The number of fused-ring (bicyclic) bond motifs is 1. The fraction of sp³-hybridized carbons (Fsp3) is 0.357. The number of carbonyl (C=O) groups is 1. The van der Waals surface area contributed by atoms with Gasteiger partial charge in [0.15, 0.2) is 0 Å². The Balaban J connectivity index is 2.19. The van der Waals surface area contributed by atoms with Crippen LogP contribution in [0.5, 0.6) is 0 Å². The van der Waals surface area contributed by atoms with E-state index in [9.17, 15) is 4.79 Å². The van der Waals surface area contributed by atoms with E-state index in [1.165, 1.54) is 5.56 Å². The van der Waals surface area contributed by atoms with Crippen molar-refractivity contribution in [2.24, 2.45) is 0 Å². The Bertz CT molecular complexity index is 420. The van der Waals surface area contributed by atoms with Gasteiger partial charge in [-0.25, -0.2) is 4.79 Å². The van der Waals surface area contributed by atoms with E-state index in [0.717, 1.165) is 24.8 Å². The molecule has 1 aromatic rings. The summed E-state index contributed by atoms with van der Waals surface area (Å²) in [5.74, 6) is -0.290. The zero-order valence-corrected chi connectivity index (χ0v) is 9.53. The van der Waals surface area contributed by atoms with E-state index in [-0.39, 0.29) is 12.1 Å². The van der Waals surface area contributed by atoms with Crippen LogP contribution in [0, 0.1) is 0 Å². The Morgan fingerprint density at radius 1 is 1.44 bits per heavy atom. The monoisotopic (exact) mass is 216 g/mol. The molecule has 1 unspecified atom stereocenters. The Morgan fingerprint density at radius 3 is 2.94 bits per heavy atom. The van der Waals surface area contributed by atoms with Crippen molar-refractivity contribution in [3.05, 3.63) is 47.5 Å². The summed E-state index contributed by atoms with van der Waals surface area (Å²) in [5.41, 5.74) is 2.92. The zero-order chi connectivity index (χ0) is 11.5. The van der Waals surface area contributed by atoms with Gasteiger partial charge in [0.25, 0.3) is 0 Å². The van der Waals surface area contributed by atoms with E-state index in [1.54, 1.807) is 6.92 Å². The topological polar surface area (TPSA) is 26.3 Å². The van der Waals surface area contributed by atoms with E-state index in [0.29, 0.717) is 5.57 Å². The van der Waals surface area contributed by atoms with Gasteiger partial charge in [-0.15, -0.1) is 0 Å². The van der Waals surface area contributed by atoms with Crippen LogP contribution in [0.1, 0.15) is 37.0 Å². The van der Waals surface area contributed by atoms with Crippen LogP contribution in [0.2, 0.25) is 0 Å². The van der Waals surface area contributed by atoms with E-state index < -0.39 is 0 Å². The minimum absolute atomic E-state index is 0.0888. The Hall–Kier alpha value is -1.57. The highest BCUT2D eigenvalue weighted by molar-refractivity contribution is 5.87. The van der Waals surface area contributed by atoms with Crippen molar-refractivity contribution >= 4 is 5.97 Å². The lowest BCUT2D eigenvalue weighted by atomic mass is 9.89. The van der Waals surface area contributed by atoms with Crippen molar-refractivity contribution in [3.63, 3.8) is 0 Å². The quantitative estimate of drug-likeness (QED) is 0.560. The first-order chi connectivity index (χ1) is 7.68. The minimum Gasteiger partial charge on any atom is -0.454 e. The smallest absolute Gasteiger partial charge is 0.333 e. The van der Waals surface area contributed by atoms with Gasteiger partial charge in [0.2, 0.25) is 0 Å². The van der Waals surface area contributed by atoms with Crippen LogP contribution < -0.4 is 0 Å². The molecule has 1 aromatic carbocycles. The van der Waals surface area contributed by atoms with E-state index in [1.807, 2.05) is 18.2 Å². The molecule has 0 saturated heterocycles. The molecule has 0 N–H and O–H groups in total. The number of esters is 1. The summed E-state index contributed by atoms with van der Waals surface area (Å²) < 4.78 is 5.44. The van der Waals surface area contributed by atoms with Crippen LogP contribution in [0.15, 0.2) is 36.4 Å².